The smallest absolute Gasteiger partial charge is 0.237 e. The largest absolute Gasteiger partial charge is 0.494 e. The fraction of sp³-hybridized carbons (Fsp3) is 0.562. The zero-order valence-electron chi connectivity index (χ0n) is 13.1. The lowest BCUT2D eigenvalue weighted by Crippen LogP contribution is -2.74. The Morgan fingerprint density at radius 1 is 1.32 bits per heavy atom. The third-order valence-electron chi connectivity index (χ3n) is 4.47. The molecule has 0 N–H and O–H groups in total. The molecule has 0 aliphatic carbocycles. The van der Waals surface area contributed by atoms with Gasteiger partial charge in [0.15, 0.2) is 11.6 Å². The van der Waals surface area contributed by atoms with Crippen LogP contribution in [0.3, 0.4) is 0 Å². The fourth-order valence-corrected chi connectivity index (χ4v) is 3.29. The Hall–Kier alpha value is -1.66. The van der Waals surface area contributed by atoms with E-state index in [1.54, 1.807) is 17.0 Å². The summed E-state index contributed by atoms with van der Waals surface area (Å²) in [6.45, 7) is 6.74. The van der Waals surface area contributed by atoms with Crippen molar-refractivity contribution in [2.75, 3.05) is 38.3 Å². The van der Waals surface area contributed by atoms with Crippen LogP contribution in [0.25, 0.3) is 0 Å². The summed E-state index contributed by atoms with van der Waals surface area (Å²) in [5.74, 6) is -0.273. The fourth-order valence-electron chi connectivity index (χ4n) is 3.29. The van der Waals surface area contributed by atoms with Crippen molar-refractivity contribution in [3.05, 3.63) is 24.0 Å². The predicted octanol–water partition coefficient (Wildman–Crippen LogP) is 1.87. The molecular formula is C16H21FN2O3. The summed E-state index contributed by atoms with van der Waals surface area (Å²) in [5, 5.41) is 0. The molecule has 6 heteroatoms. The van der Waals surface area contributed by atoms with E-state index in [2.05, 4.69) is 4.90 Å². The van der Waals surface area contributed by atoms with Crippen LogP contribution in [-0.4, -0.2) is 50.4 Å². The standard InChI is InChI=1S/C16H21FN2O3/c1-16(2)14(18-6-8-22-9-7-18)19(15(16)20)11-4-5-13(21-3)12(17)10-11/h4-5,10,14H,6-9H2,1-3H3. The summed E-state index contributed by atoms with van der Waals surface area (Å²) in [6.07, 6.45) is -0.0725. The number of rotatable bonds is 3. The van der Waals surface area contributed by atoms with E-state index < -0.39 is 11.2 Å². The van der Waals surface area contributed by atoms with Gasteiger partial charge in [-0.05, 0) is 26.0 Å². The van der Waals surface area contributed by atoms with E-state index in [-0.39, 0.29) is 17.8 Å². The van der Waals surface area contributed by atoms with Crippen LogP contribution in [0.5, 0.6) is 5.75 Å². The summed E-state index contributed by atoms with van der Waals surface area (Å²) < 4.78 is 24.3. The summed E-state index contributed by atoms with van der Waals surface area (Å²) in [6, 6.07) is 4.64. The molecule has 0 aromatic heterocycles. The van der Waals surface area contributed by atoms with E-state index >= 15 is 0 Å². The maximum atomic E-state index is 14.0. The topological polar surface area (TPSA) is 42.0 Å². The first-order valence-corrected chi connectivity index (χ1v) is 7.46. The molecule has 0 saturated carbocycles. The first-order chi connectivity index (χ1) is 10.5. The maximum absolute atomic E-state index is 14.0. The lowest BCUT2D eigenvalue weighted by atomic mass is 9.77. The van der Waals surface area contributed by atoms with Crippen molar-refractivity contribution in [3.8, 4) is 5.75 Å². The van der Waals surface area contributed by atoms with Gasteiger partial charge in [0.1, 0.15) is 6.17 Å². The molecule has 1 amide bonds. The molecule has 2 fully saturated rings. The van der Waals surface area contributed by atoms with Crippen LogP contribution in [0.1, 0.15) is 13.8 Å². The van der Waals surface area contributed by atoms with Gasteiger partial charge >= 0.3 is 0 Å². The molecule has 1 atom stereocenters. The molecule has 0 spiro atoms. The zero-order valence-corrected chi connectivity index (χ0v) is 13.1. The molecule has 2 heterocycles. The SMILES string of the molecule is COc1ccc(N2C(=O)C(C)(C)C2N2CCOCC2)cc1F. The Morgan fingerprint density at radius 3 is 2.59 bits per heavy atom. The minimum atomic E-state index is -0.478. The predicted molar refractivity (Wildman–Crippen MR) is 80.4 cm³/mol. The molecule has 5 nitrogen and oxygen atoms in total. The maximum Gasteiger partial charge on any atom is 0.237 e. The van der Waals surface area contributed by atoms with Gasteiger partial charge in [0.25, 0.3) is 0 Å². The number of β-lactam (4-membered cyclic amide) rings is 1. The Labute approximate surface area is 129 Å². The van der Waals surface area contributed by atoms with Crippen LogP contribution >= 0.6 is 0 Å². The van der Waals surface area contributed by atoms with Crippen LogP contribution in [-0.2, 0) is 9.53 Å². The van der Waals surface area contributed by atoms with Crippen LogP contribution in [0.2, 0.25) is 0 Å². The second kappa shape index (κ2) is 5.52. The summed E-state index contributed by atoms with van der Waals surface area (Å²) in [4.78, 5) is 16.4. The number of hydrogen-bond acceptors (Lipinski definition) is 4. The quantitative estimate of drug-likeness (QED) is 0.800. The number of carbonyl (C=O) groups is 1. The molecular weight excluding hydrogens is 287 g/mol. The molecule has 2 aliphatic heterocycles. The number of halogens is 1. The number of ether oxygens (including phenoxy) is 2. The number of nitrogens with zero attached hydrogens (tertiary/aromatic N) is 2. The molecule has 1 aromatic rings. The highest BCUT2D eigenvalue weighted by Gasteiger charge is 2.57. The van der Waals surface area contributed by atoms with Gasteiger partial charge in [-0.3, -0.25) is 14.6 Å². The van der Waals surface area contributed by atoms with Crippen molar-refractivity contribution in [2.24, 2.45) is 5.41 Å². The average molecular weight is 308 g/mol. The van der Waals surface area contributed by atoms with Gasteiger partial charge in [0, 0.05) is 24.8 Å². The molecule has 2 aliphatic rings. The molecule has 3 rings (SSSR count). The number of anilines is 1. The van der Waals surface area contributed by atoms with E-state index in [9.17, 15) is 9.18 Å². The van der Waals surface area contributed by atoms with Crippen molar-refractivity contribution >= 4 is 11.6 Å². The first kappa shape index (κ1) is 15.2. The molecule has 1 unspecified atom stereocenters. The van der Waals surface area contributed by atoms with Crippen LogP contribution < -0.4 is 9.64 Å². The Kier molecular flexibility index (Phi) is 3.82. The zero-order chi connectivity index (χ0) is 15.9. The van der Waals surface area contributed by atoms with Crippen molar-refractivity contribution in [1.29, 1.82) is 0 Å². The highest BCUT2D eigenvalue weighted by atomic mass is 19.1. The van der Waals surface area contributed by atoms with Crippen LogP contribution in [0.15, 0.2) is 18.2 Å². The first-order valence-electron chi connectivity index (χ1n) is 7.46. The minimum Gasteiger partial charge on any atom is -0.494 e. The van der Waals surface area contributed by atoms with E-state index in [0.717, 1.165) is 13.1 Å². The summed E-state index contributed by atoms with van der Waals surface area (Å²) in [5.41, 5.74) is 0.0902. The monoisotopic (exact) mass is 308 g/mol. The Morgan fingerprint density at radius 2 is 2.00 bits per heavy atom. The minimum absolute atomic E-state index is 0.00792. The van der Waals surface area contributed by atoms with Gasteiger partial charge in [0.05, 0.1) is 25.7 Å². The van der Waals surface area contributed by atoms with E-state index in [1.807, 2.05) is 13.8 Å². The highest BCUT2D eigenvalue weighted by molar-refractivity contribution is 6.05. The molecule has 0 bridgehead atoms. The van der Waals surface area contributed by atoms with Crippen molar-refractivity contribution < 1.29 is 18.7 Å². The number of benzene rings is 1. The number of carbonyl (C=O) groups excluding carboxylic acids is 1. The number of amides is 1. The van der Waals surface area contributed by atoms with Gasteiger partial charge in [-0.15, -0.1) is 0 Å². The molecule has 22 heavy (non-hydrogen) atoms. The molecule has 120 valence electrons. The molecule has 0 radical (unpaired) electrons. The van der Waals surface area contributed by atoms with Crippen LogP contribution in [0, 0.1) is 11.2 Å². The summed E-state index contributed by atoms with van der Waals surface area (Å²) >= 11 is 0. The normalized spacial score (nSPS) is 25.0. The van der Waals surface area contributed by atoms with Gasteiger partial charge in [-0.2, -0.15) is 0 Å². The lowest BCUT2D eigenvalue weighted by molar-refractivity contribution is -0.147. The third kappa shape index (κ3) is 2.27. The van der Waals surface area contributed by atoms with Crippen molar-refractivity contribution in [2.45, 2.75) is 20.0 Å². The third-order valence-corrected chi connectivity index (χ3v) is 4.47. The van der Waals surface area contributed by atoms with Gasteiger partial charge in [-0.25, -0.2) is 4.39 Å². The van der Waals surface area contributed by atoms with Gasteiger partial charge in [-0.1, -0.05) is 0 Å². The van der Waals surface area contributed by atoms with Crippen molar-refractivity contribution in [3.63, 3.8) is 0 Å². The lowest BCUT2D eigenvalue weighted by Gasteiger charge is -2.57. The Balaban J connectivity index is 1.90. The van der Waals surface area contributed by atoms with E-state index in [1.165, 1.54) is 13.2 Å². The van der Waals surface area contributed by atoms with Crippen molar-refractivity contribution in [1.82, 2.24) is 4.90 Å². The van der Waals surface area contributed by atoms with E-state index in [0.29, 0.717) is 18.9 Å². The number of morpholine rings is 1. The second-order valence-corrected chi connectivity index (χ2v) is 6.24. The number of methoxy groups -OCH3 is 1. The molecule has 1 aromatic carbocycles. The highest BCUT2D eigenvalue weighted by Crippen LogP contribution is 2.44. The average Bonchev–Trinajstić information content (AvgIpc) is 2.52. The second-order valence-electron chi connectivity index (χ2n) is 6.24. The summed E-state index contributed by atoms with van der Waals surface area (Å²) in [7, 11) is 1.42. The molecule has 2 saturated heterocycles. The van der Waals surface area contributed by atoms with Crippen LogP contribution in [0.4, 0.5) is 10.1 Å². The van der Waals surface area contributed by atoms with E-state index in [4.69, 9.17) is 9.47 Å². The van der Waals surface area contributed by atoms with Gasteiger partial charge < -0.3 is 9.47 Å². The Bertz CT molecular complexity index is 585. The number of hydrogen-bond donors (Lipinski definition) is 0. The van der Waals surface area contributed by atoms with Gasteiger partial charge in [0.2, 0.25) is 5.91 Å².